The number of para-hydroxylation sites is 1. The van der Waals surface area contributed by atoms with E-state index in [-0.39, 0.29) is 5.78 Å². The molecule has 0 aliphatic carbocycles. The number of Topliss-reactive ketones (excluding diaryl/α,β-unsaturated/α-hetero) is 1. The van der Waals surface area contributed by atoms with Crippen LogP contribution in [0.4, 0.5) is 10.5 Å². The highest BCUT2D eigenvalue weighted by molar-refractivity contribution is 6.02. The molecule has 0 radical (unpaired) electrons. The predicted molar refractivity (Wildman–Crippen MR) is 66.3 cm³/mol. The van der Waals surface area contributed by atoms with Gasteiger partial charge in [-0.05, 0) is 39.8 Å². The van der Waals surface area contributed by atoms with E-state index in [0.717, 1.165) is 0 Å². The number of ether oxygens (including phenoxy) is 1. The minimum atomic E-state index is -0.564. The lowest BCUT2D eigenvalue weighted by Gasteiger charge is -2.20. The van der Waals surface area contributed by atoms with E-state index in [1.807, 2.05) is 0 Å². The molecule has 0 aliphatic rings. The molecule has 0 spiro atoms. The summed E-state index contributed by atoms with van der Waals surface area (Å²) < 4.78 is 5.12. The third-order valence-corrected chi connectivity index (χ3v) is 1.94. The number of hydrogen-bond acceptors (Lipinski definition) is 3. The van der Waals surface area contributed by atoms with Crippen molar-refractivity contribution in [2.24, 2.45) is 0 Å². The van der Waals surface area contributed by atoms with Gasteiger partial charge < -0.3 is 4.74 Å². The molecule has 17 heavy (non-hydrogen) atoms. The Labute approximate surface area is 101 Å². The average Bonchev–Trinajstić information content (AvgIpc) is 2.14. The molecule has 0 saturated carbocycles. The average molecular weight is 235 g/mol. The molecule has 1 aromatic rings. The fourth-order valence-corrected chi connectivity index (χ4v) is 1.31. The van der Waals surface area contributed by atoms with E-state index in [9.17, 15) is 9.59 Å². The zero-order valence-electron chi connectivity index (χ0n) is 10.5. The van der Waals surface area contributed by atoms with Crippen LogP contribution in [-0.2, 0) is 4.74 Å². The van der Waals surface area contributed by atoms with Crippen molar-refractivity contribution in [1.29, 1.82) is 0 Å². The normalized spacial score (nSPS) is 10.8. The van der Waals surface area contributed by atoms with Gasteiger partial charge in [0.25, 0.3) is 0 Å². The number of ketones is 1. The summed E-state index contributed by atoms with van der Waals surface area (Å²) in [6.07, 6.45) is -0.564. The Kier molecular flexibility index (Phi) is 3.89. The van der Waals surface area contributed by atoms with Crippen LogP contribution in [0.2, 0.25) is 0 Å². The van der Waals surface area contributed by atoms with Crippen molar-refractivity contribution in [3.8, 4) is 0 Å². The van der Waals surface area contributed by atoms with Crippen LogP contribution in [0.3, 0.4) is 0 Å². The fourth-order valence-electron chi connectivity index (χ4n) is 1.31. The highest BCUT2D eigenvalue weighted by atomic mass is 16.6. The molecule has 4 nitrogen and oxygen atoms in total. The summed E-state index contributed by atoms with van der Waals surface area (Å²) in [6, 6.07) is 6.83. The topological polar surface area (TPSA) is 55.4 Å². The lowest BCUT2D eigenvalue weighted by molar-refractivity contribution is 0.0636. The molecule has 0 unspecified atom stereocenters. The smallest absolute Gasteiger partial charge is 0.412 e. The molecule has 1 aromatic carbocycles. The first-order chi connectivity index (χ1) is 7.79. The van der Waals surface area contributed by atoms with Crippen LogP contribution >= 0.6 is 0 Å². The number of anilines is 1. The van der Waals surface area contributed by atoms with Gasteiger partial charge in [0.2, 0.25) is 0 Å². The fraction of sp³-hybridized carbons (Fsp3) is 0.385. The minimum Gasteiger partial charge on any atom is -0.444 e. The van der Waals surface area contributed by atoms with Crippen LogP contribution in [0.15, 0.2) is 24.3 Å². The molecule has 92 valence electrons. The number of carbonyl (C=O) groups is 2. The maximum Gasteiger partial charge on any atom is 0.412 e. The van der Waals surface area contributed by atoms with Crippen LogP contribution < -0.4 is 5.32 Å². The number of nitrogens with one attached hydrogen (secondary N) is 1. The molecule has 0 heterocycles. The molecule has 4 heteroatoms. The summed E-state index contributed by atoms with van der Waals surface area (Å²) in [5.41, 5.74) is 0.377. The van der Waals surface area contributed by atoms with Crippen molar-refractivity contribution >= 4 is 17.6 Å². The molecule has 0 atom stereocenters. The van der Waals surface area contributed by atoms with Crippen molar-refractivity contribution < 1.29 is 14.3 Å². The van der Waals surface area contributed by atoms with E-state index in [1.54, 1.807) is 45.0 Å². The van der Waals surface area contributed by atoms with Crippen molar-refractivity contribution in [3.05, 3.63) is 29.8 Å². The first-order valence-electron chi connectivity index (χ1n) is 5.39. The Morgan fingerprint density at radius 3 is 2.29 bits per heavy atom. The van der Waals surface area contributed by atoms with Crippen LogP contribution in [0, 0.1) is 0 Å². The molecule has 1 N–H and O–H groups in total. The van der Waals surface area contributed by atoms with E-state index < -0.39 is 11.7 Å². The van der Waals surface area contributed by atoms with E-state index in [2.05, 4.69) is 5.32 Å². The van der Waals surface area contributed by atoms with Gasteiger partial charge in [0.05, 0.1) is 5.69 Å². The second-order valence-corrected chi connectivity index (χ2v) is 4.73. The highest BCUT2D eigenvalue weighted by Crippen LogP contribution is 2.17. The summed E-state index contributed by atoms with van der Waals surface area (Å²) in [7, 11) is 0. The molecule has 1 amide bonds. The highest BCUT2D eigenvalue weighted by Gasteiger charge is 2.17. The second-order valence-electron chi connectivity index (χ2n) is 4.73. The van der Waals surface area contributed by atoms with Crippen LogP contribution in [0.1, 0.15) is 38.1 Å². The standard InChI is InChI=1S/C13H17NO3/c1-9(15)10-7-5-6-8-11(10)14-12(16)17-13(2,3)4/h5-8H,1-4H3,(H,14,16). The van der Waals surface area contributed by atoms with Gasteiger partial charge in [-0.1, -0.05) is 12.1 Å². The number of benzene rings is 1. The van der Waals surface area contributed by atoms with Crippen molar-refractivity contribution in [2.45, 2.75) is 33.3 Å². The Morgan fingerprint density at radius 2 is 1.76 bits per heavy atom. The molecular weight excluding hydrogens is 218 g/mol. The molecule has 0 aromatic heterocycles. The number of carbonyl (C=O) groups excluding carboxylic acids is 2. The Morgan fingerprint density at radius 1 is 1.18 bits per heavy atom. The van der Waals surface area contributed by atoms with Crippen LogP contribution in [0.25, 0.3) is 0 Å². The summed E-state index contributed by atoms with van der Waals surface area (Å²) >= 11 is 0. The lowest BCUT2D eigenvalue weighted by Crippen LogP contribution is -2.27. The largest absolute Gasteiger partial charge is 0.444 e. The minimum absolute atomic E-state index is 0.100. The van der Waals surface area contributed by atoms with Gasteiger partial charge in [0.1, 0.15) is 5.60 Å². The van der Waals surface area contributed by atoms with Crippen molar-refractivity contribution in [3.63, 3.8) is 0 Å². The number of hydrogen-bond donors (Lipinski definition) is 1. The van der Waals surface area contributed by atoms with Gasteiger partial charge in [-0.25, -0.2) is 4.79 Å². The zero-order valence-corrected chi connectivity index (χ0v) is 10.5. The van der Waals surface area contributed by atoms with E-state index in [1.165, 1.54) is 6.92 Å². The molecule has 0 aliphatic heterocycles. The number of rotatable bonds is 2. The van der Waals surface area contributed by atoms with Gasteiger partial charge in [0, 0.05) is 5.56 Å². The summed E-state index contributed by atoms with van der Waals surface area (Å²) in [5.74, 6) is -0.100. The van der Waals surface area contributed by atoms with E-state index in [0.29, 0.717) is 11.3 Å². The molecule has 0 bridgehead atoms. The molecule has 1 rings (SSSR count). The SMILES string of the molecule is CC(=O)c1ccccc1NC(=O)OC(C)(C)C. The van der Waals surface area contributed by atoms with E-state index >= 15 is 0 Å². The maximum absolute atomic E-state index is 11.6. The number of amides is 1. The van der Waals surface area contributed by atoms with Gasteiger partial charge in [-0.3, -0.25) is 10.1 Å². The molecular formula is C13H17NO3. The van der Waals surface area contributed by atoms with Crippen molar-refractivity contribution in [1.82, 2.24) is 0 Å². The molecule has 0 fully saturated rings. The van der Waals surface area contributed by atoms with Gasteiger partial charge in [-0.15, -0.1) is 0 Å². The third-order valence-electron chi connectivity index (χ3n) is 1.94. The summed E-state index contributed by atoms with van der Waals surface area (Å²) in [5, 5.41) is 2.57. The van der Waals surface area contributed by atoms with Crippen LogP contribution in [-0.4, -0.2) is 17.5 Å². The lowest BCUT2D eigenvalue weighted by atomic mass is 10.1. The van der Waals surface area contributed by atoms with E-state index in [4.69, 9.17) is 4.74 Å². The maximum atomic E-state index is 11.6. The molecule has 0 saturated heterocycles. The quantitative estimate of drug-likeness (QED) is 0.800. The summed E-state index contributed by atoms with van der Waals surface area (Å²) in [4.78, 5) is 22.9. The third kappa shape index (κ3) is 4.26. The van der Waals surface area contributed by atoms with Crippen molar-refractivity contribution in [2.75, 3.05) is 5.32 Å². The van der Waals surface area contributed by atoms with Gasteiger partial charge in [0.15, 0.2) is 5.78 Å². The Bertz CT molecular complexity index is 433. The monoisotopic (exact) mass is 235 g/mol. The van der Waals surface area contributed by atoms with Gasteiger partial charge in [-0.2, -0.15) is 0 Å². The Balaban J connectivity index is 2.82. The Hall–Kier alpha value is -1.84. The first-order valence-corrected chi connectivity index (χ1v) is 5.39. The predicted octanol–water partition coefficient (Wildman–Crippen LogP) is 3.24. The zero-order chi connectivity index (χ0) is 13.1. The first kappa shape index (κ1) is 13.2. The van der Waals surface area contributed by atoms with Gasteiger partial charge >= 0.3 is 6.09 Å². The summed E-state index contributed by atoms with van der Waals surface area (Å²) in [6.45, 7) is 6.80. The van der Waals surface area contributed by atoms with Crippen LogP contribution in [0.5, 0.6) is 0 Å². The second kappa shape index (κ2) is 4.99.